The van der Waals surface area contributed by atoms with Crippen LogP contribution < -0.4 is 5.32 Å². The molecule has 102 valence electrons. The van der Waals surface area contributed by atoms with Crippen molar-refractivity contribution in [3.05, 3.63) is 18.2 Å². The lowest BCUT2D eigenvalue weighted by atomic mass is 9.73. The summed E-state index contributed by atoms with van der Waals surface area (Å²) in [6.45, 7) is 5.55. The van der Waals surface area contributed by atoms with E-state index in [1.165, 1.54) is 37.8 Å². The van der Waals surface area contributed by atoms with Gasteiger partial charge >= 0.3 is 0 Å². The lowest BCUT2D eigenvalue weighted by Crippen LogP contribution is -2.34. The summed E-state index contributed by atoms with van der Waals surface area (Å²) in [7, 11) is 2.05. The number of hydrogen-bond donors (Lipinski definition) is 1. The van der Waals surface area contributed by atoms with Crippen LogP contribution in [0.3, 0.4) is 0 Å². The Morgan fingerprint density at radius 3 is 2.78 bits per heavy atom. The summed E-state index contributed by atoms with van der Waals surface area (Å²) in [5.74, 6) is 1.63. The SMILES string of the molecule is CCNC(c1cn(C)cn1)C1CCCCC1CC. The maximum atomic E-state index is 4.58. The molecule has 3 atom stereocenters. The van der Waals surface area contributed by atoms with E-state index in [9.17, 15) is 0 Å². The van der Waals surface area contributed by atoms with Crippen molar-refractivity contribution in [1.29, 1.82) is 0 Å². The first-order valence-corrected chi connectivity index (χ1v) is 7.47. The molecule has 18 heavy (non-hydrogen) atoms. The Morgan fingerprint density at radius 1 is 1.39 bits per heavy atom. The number of aromatic nitrogens is 2. The third kappa shape index (κ3) is 2.94. The van der Waals surface area contributed by atoms with Gasteiger partial charge in [0.05, 0.1) is 18.1 Å². The van der Waals surface area contributed by atoms with E-state index >= 15 is 0 Å². The third-order valence-electron chi connectivity index (χ3n) is 4.39. The van der Waals surface area contributed by atoms with Gasteiger partial charge in [0.25, 0.3) is 0 Å². The molecule has 0 aromatic carbocycles. The van der Waals surface area contributed by atoms with Crippen molar-refractivity contribution < 1.29 is 0 Å². The number of aryl methyl sites for hydroxylation is 1. The van der Waals surface area contributed by atoms with Crippen molar-refractivity contribution in [2.24, 2.45) is 18.9 Å². The van der Waals surface area contributed by atoms with Gasteiger partial charge < -0.3 is 9.88 Å². The van der Waals surface area contributed by atoms with E-state index < -0.39 is 0 Å². The van der Waals surface area contributed by atoms with Crippen LogP contribution in [0.1, 0.15) is 57.7 Å². The average molecular weight is 249 g/mol. The van der Waals surface area contributed by atoms with Gasteiger partial charge in [-0.1, -0.05) is 39.5 Å². The Balaban J connectivity index is 2.17. The Bertz CT molecular complexity index is 358. The summed E-state index contributed by atoms with van der Waals surface area (Å²) >= 11 is 0. The summed E-state index contributed by atoms with van der Waals surface area (Å²) in [6.07, 6.45) is 11.0. The van der Waals surface area contributed by atoms with E-state index in [1.807, 2.05) is 6.33 Å². The average Bonchev–Trinajstić information content (AvgIpc) is 2.82. The number of imidazole rings is 1. The van der Waals surface area contributed by atoms with Gasteiger partial charge in [0.15, 0.2) is 0 Å². The van der Waals surface area contributed by atoms with Crippen molar-refractivity contribution in [3.63, 3.8) is 0 Å². The summed E-state index contributed by atoms with van der Waals surface area (Å²) in [5.41, 5.74) is 1.23. The van der Waals surface area contributed by atoms with Crippen molar-refractivity contribution in [2.75, 3.05) is 6.54 Å². The molecule has 1 aliphatic rings. The van der Waals surface area contributed by atoms with Gasteiger partial charge in [0.2, 0.25) is 0 Å². The van der Waals surface area contributed by atoms with Crippen molar-refractivity contribution in [2.45, 2.75) is 52.0 Å². The Labute approximate surface area is 111 Å². The lowest BCUT2D eigenvalue weighted by molar-refractivity contribution is 0.174. The van der Waals surface area contributed by atoms with E-state index in [0.29, 0.717) is 6.04 Å². The maximum Gasteiger partial charge on any atom is 0.0947 e. The summed E-state index contributed by atoms with van der Waals surface area (Å²) in [6, 6.07) is 0.446. The topological polar surface area (TPSA) is 29.9 Å². The molecule has 0 amide bonds. The van der Waals surface area contributed by atoms with Crippen LogP contribution in [0, 0.1) is 11.8 Å². The first kappa shape index (κ1) is 13.6. The molecule has 1 aromatic rings. The van der Waals surface area contributed by atoms with Gasteiger partial charge in [0, 0.05) is 13.2 Å². The Hall–Kier alpha value is -0.830. The second kappa shape index (κ2) is 6.37. The van der Waals surface area contributed by atoms with E-state index in [4.69, 9.17) is 0 Å². The predicted molar refractivity (Wildman–Crippen MR) is 75.4 cm³/mol. The summed E-state index contributed by atoms with van der Waals surface area (Å²) in [5, 5.41) is 3.67. The lowest BCUT2D eigenvalue weighted by Gasteiger charge is -2.36. The molecule has 0 aliphatic heterocycles. The molecule has 0 bridgehead atoms. The van der Waals surface area contributed by atoms with Crippen LogP contribution in [0.2, 0.25) is 0 Å². The molecule has 1 aliphatic carbocycles. The van der Waals surface area contributed by atoms with E-state index in [-0.39, 0.29) is 0 Å². The number of nitrogens with zero attached hydrogens (tertiary/aromatic N) is 2. The smallest absolute Gasteiger partial charge is 0.0947 e. The third-order valence-corrected chi connectivity index (χ3v) is 4.39. The highest BCUT2D eigenvalue weighted by Gasteiger charge is 2.32. The van der Waals surface area contributed by atoms with E-state index in [2.05, 4.69) is 42.0 Å². The minimum Gasteiger partial charge on any atom is -0.340 e. The summed E-state index contributed by atoms with van der Waals surface area (Å²) in [4.78, 5) is 4.58. The second-order valence-corrected chi connectivity index (χ2v) is 5.62. The molecule has 1 fully saturated rings. The molecule has 1 saturated carbocycles. The van der Waals surface area contributed by atoms with Crippen molar-refractivity contribution >= 4 is 0 Å². The molecular formula is C15H27N3. The van der Waals surface area contributed by atoms with Gasteiger partial charge in [-0.05, 0) is 24.8 Å². The van der Waals surface area contributed by atoms with Gasteiger partial charge in [-0.25, -0.2) is 4.98 Å². The van der Waals surface area contributed by atoms with Crippen LogP contribution in [0.4, 0.5) is 0 Å². The van der Waals surface area contributed by atoms with Crippen LogP contribution in [0.25, 0.3) is 0 Å². The molecule has 0 spiro atoms. The van der Waals surface area contributed by atoms with Crippen LogP contribution >= 0.6 is 0 Å². The normalized spacial score (nSPS) is 26.2. The van der Waals surface area contributed by atoms with Gasteiger partial charge in [0.1, 0.15) is 0 Å². The zero-order valence-electron chi connectivity index (χ0n) is 12.0. The fourth-order valence-corrected chi connectivity index (χ4v) is 3.47. The maximum absolute atomic E-state index is 4.58. The first-order chi connectivity index (χ1) is 8.76. The van der Waals surface area contributed by atoms with Crippen molar-refractivity contribution in [1.82, 2.24) is 14.9 Å². The Kier molecular flexibility index (Phi) is 4.81. The molecule has 3 unspecified atom stereocenters. The van der Waals surface area contributed by atoms with E-state index in [0.717, 1.165) is 18.4 Å². The molecule has 1 heterocycles. The molecule has 2 rings (SSSR count). The van der Waals surface area contributed by atoms with Crippen LogP contribution in [-0.4, -0.2) is 16.1 Å². The second-order valence-electron chi connectivity index (χ2n) is 5.62. The molecule has 3 heteroatoms. The molecule has 0 radical (unpaired) electrons. The molecule has 1 N–H and O–H groups in total. The first-order valence-electron chi connectivity index (χ1n) is 7.47. The van der Waals surface area contributed by atoms with E-state index in [1.54, 1.807) is 0 Å². The molecule has 0 saturated heterocycles. The van der Waals surface area contributed by atoms with Crippen molar-refractivity contribution in [3.8, 4) is 0 Å². The minimum absolute atomic E-state index is 0.446. The highest BCUT2D eigenvalue weighted by atomic mass is 15.0. The minimum atomic E-state index is 0.446. The Morgan fingerprint density at radius 2 is 2.17 bits per heavy atom. The predicted octanol–water partition coefficient (Wildman–Crippen LogP) is 3.29. The van der Waals surface area contributed by atoms with Crippen LogP contribution in [0.5, 0.6) is 0 Å². The zero-order valence-corrected chi connectivity index (χ0v) is 12.0. The fourth-order valence-electron chi connectivity index (χ4n) is 3.47. The van der Waals surface area contributed by atoms with Gasteiger partial charge in [-0.3, -0.25) is 0 Å². The molecular weight excluding hydrogens is 222 g/mol. The summed E-state index contributed by atoms with van der Waals surface area (Å²) < 4.78 is 2.06. The number of rotatable bonds is 5. The van der Waals surface area contributed by atoms with Crippen LogP contribution in [0.15, 0.2) is 12.5 Å². The highest BCUT2D eigenvalue weighted by Crippen LogP contribution is 2.39. The largest absolute Gasteiger partial charge is 0.340 e. The van der Waals surface area contributed by atoms with Crippen LogP contribution in [-0.2, 0) is 7.05 Å². The quantitative estimate of drug-likeness (QED) is 0.868. The fraction of sp³-hybridized carbons (Fsp3) is 0.800. The standard InChI is InChI=1S/C15H27N3/c1-4-12-8-6-7-9-13(12)15(16-5-2)14-10-18(3)11-17-14/h10-13,15-16H,4-9H2,1-3H3. The number of nitrogens with one attached hydrogen (secondary N) is 1. The van der Waals surface area contributed by atoms with Gasteiger partial charge in [-0.15, -0.1) is 0 Å². The monoisotopic (exact) mass is 249 g/mol. The highest BCUT2D eigenvalue weighted by molar-refractivity contribution is 5.07. The van der Waals surface area contributed by atoms with Gasteiger partial charge in [-0.2, -0.15) is 0 Å². The molecule has 1 aromatic heterocycles. The number of hydrogen-bond acceptors (Lipinski definition) is 2. The zero-order chi connectivity index (χ0) is 13.0. The molecule has 3 nitrogen and oxygen atoms in total.